The second-order valence-electron chi connectivity index (χ2n) is 5.80. The van der Waals surface area contributed by atoms with Gasteiger partial charge in [0.25, 0.3) is 0 Å². The van der Waals surface area contributed by atoms with E-state index in [2.05, 4.69) is 35.5 Å². The lowest BCUT2D eigenvalue weighted by Crippen LogP contribution is -2.40. The van der Waals surface area contributed by atoms with Crippen LogP contribution < -0.4 is 10.1 Å². The predicted octanol–water partition coefficient (Wildman–Crippen LogP) is 2.20. The first-order valence-electron chi connectivity index (χ1n) is 7.48. The SMILES string of the molecule is CN1CCCCC1COc1ccc2c(c1)CNCC2. The Hall–Kier alpha value is -1.06. The quantitative estimate of drug-likeness (QED) is 0.901. The first kappa shape index (κ1) is 12.9. The van der Waals surface area contributed by atoms with Crippen molar-refractivity contribution < 1.29 is 4.74 Å². The van der Waals surface area contributed by atoms with Crippen LogP contribution in [-0.4, -0.2) is 37.7 Å². The average molecular weight is 260 g/mol. The fourth-order valence-electron chi connectivity index (χ4n) is 3.09. The minimum Gasteiger partial charge on any atom is -0.492 e. The van der Waals surface area contributed by atoms with Gasteiger partial charge in [0, 0.05) is 12.6 Å². The van der Waals surface area contributed by atoms with E-state index >= 15 is 0 Å². The van der Waals surface area contributed by atoms with Gasteiger partial charge in [-0.3, -0.25) is 0 Å². The van der Waals surface area contributed by atoms with Crippen LogP contribution >= 0.6 is 0 Å². The molecular weight excluding hydrogens is 236 g/mol. The van der Waals surface area contributed by atoms with Crippen LogP contribution in [0.1, 0.15) is 30.4 Å². The second-order valence-corrected chi connectivity index (χ2v) is 5.80. The van der Waals surface area contributed by atoms with Crippen molar-refractivity contribution in [2.45, 2.75) is 38.3 Å². The second kappa shape index (κ2) is 5.93. The van der Waals surface area contributed by atoms with E-state index in [1.165, 1.54) is 36.9 Å². The van der Waals surface area contributed by atoms with Crippen molar-refractivity contribution in [1.82, 2.24) is 10.2 Å². The third kappa shape index (κ3) is 3.10. The van der Waals surface area contributed by atoms with Gasteiger partial charge in [-0.05, 0) is 62.7 Å². The summed E-state index contributed by atoms with van der Waals surface area (Å²) < 4.78 is 6.01. The molecule has 0 aromatic heterocycles. The number of nitrogens with one attached hydrogen (secondary N) is 1. The number of benzene rings is 1. The lowest BCUT2D eigenvalue weighted by atomic mass is 10.0. The summed E-state index contributed by atoms with van der Waals surface area (Å²) in [5, 5.41) is 3.42. The number of likely N-dealkylation sites (tertiary alicyclic amines) is 1. The molecule has 1 aromatic carbocycles. The molecule has 1 fully saturated rings. The lowest BCUT2D eigenvalue weighted by molar-refractivity contribution is 0.125. The number of fused-ring (bicyclic) bond motifs is 1. The Morgan fingerprint density at radius 3 is 3.16 bits per heavy atom. The molecule has 0 saturated carbocycles. The summed E-state index contributed by atoms with van der Waals surface area (Å²) in [7, 11) is 2.21. The number of rotatable bonds is 3. The van der Waals surface area contributed by atoms with Gasteiger partial charge in [0.05, 0.1) is 0 Å². The summed E-state index contributed by atoms with van der Waals surface area (Å²) in [5.41, 5.74) is 2.88. The lowest BCUT2D eigenvalue weighted by Gasteiger charge is -2.32. The van der Waals surface area contributed by atoms with Crippen LogP contribution in [0.15, 0.2) is 18.2 Å². The molecule has 3 heteroatoms. The van der Waals surface area contributed by atoms with Crippen molar-refractivity contribution in [3.63, 3.8) is 0 Å². The standard InChI is InChI=1S/C16H24N2O/c1-18-9-3-2-4-15(18)12-19-16-6-5-13-7-8-17-11-14(13)10-16/h5-6,10,15,17H,2-4,7-9,11-12H2,1H3. The minimum absolute atomic E-state index is 0.586. The summed E-state index contributed by atoms with van der Waals surface area (Å²) >= 11 is 0. The normalized spacial score (nSPS) is 23.9. The molecule has 3 nitrogen and oxygen atoms in total. The van der Waals surface area contributed by atoms with Gasteiger partial charge >= 0.3 is 0 Å². The molecule has 2 heterocycles. The Morgan fingerprint density at radius 2 is 2.26 bits per heavy atom. The molecule has 0 bridgehead atoms. The van der Waals surface area contributed by atoms with E-state index < -0.39 is 0 Å². The number of nitrogens with zero attached hydrogens (tertiary/aromatic N) is 1. The molecular formula is C16H24N2O. The van der Waals surface area contributed by atoms with Crippen molar-refractivity contribution in [3.8, 4) is 5.75 Å². The molecule has 0 spiro atoms. The van der Waals surface area contributed by atoms with Crippen LogP contribution in [0.2, 0.25) is 0 Å². The van der Waals surface area contributed by atoms with Crippen molar-refractivity contribution in [3.05, 3.63) is 29.3 Å². The number of likely N-dealkylation sites (N-methyl/N-ethyl adjacent to an activating group) is 1. The molecule has 2 aliphatic rings. The molecule has 1 N–H and O–H groups in total. The summed E-state index contributed by atoms with van der Waals surface area (Å²) in [6.45, 7) is 4.11. The Bertz CT molecular complexity index is 433. The van der Waals surface area contributed by atoms with Crippen LogP contribution in [-0.2, 0) is 13.0 Å². The maximum atomic E-state index is 6.01. The monoisotopic (exact) mass is 260 g/mol. The molecule has 1 atom stereocenters. The number of hydrogen-bond donors (Lipinski definition) is 1. The number of hydrogen-bond acceptors (Lipinski definition) is 3. The maximum Gasteiger partial charge on any atom is 0.119 e. The van der Waals surface area contributed by atoms with Crippen molar-refractivity contribution in [2.24, 2.45) is 0 Å². The highest BCUT2D eigenvalue weighted by molar-refractivity contribution is 5.37. The van der Waals surface area contributed by atoms with Gasteiger partial charge in [-0.15, -0.1) is 0 Å². The summed E-state index contributed by atoms with van der Waals surface area (Å²) in [6, 6.07) is 7.16. The van der Waals surface area contributed by atoms with E-state index in [-0.39, 0.29) is 0 Å². The third-order valence-corrected chi connectivity index (χ3v) is 4.43. The summed E-state index contributed by atoms with van der Waals surface area (Å²) in [4.78, 5) is 2.43. The number of piperidine rings is 1. The molecule has 104 valence electrons. The zero-order chi connectivity index (χ0) is 13.1. The van der Waals surface area contributed by atoms with E-state index in [1.807, 2.05) is 0 Å². The van der Waals surface area contributed by atoms with E-state index in [0.717, 1.165) is 31.9 Å². The molecule has 1 saturated heterocycles. The largest absolute Gasteiger partial charge is 0.492 e. The van der Waals surface area contributed by atoms with Crippen LogP contribution in [0, 0.1) is 0 Å². The highest BCUT2D eigenvalue weighted by atomic mass is 16.5. The Kier molecular flexibility index (Phi) is 4.04. The average Bonchev–Trinajstić information content (AvgIpc) is 2.46. The Morgan fingerprint density at radius 1 is 1.32 bits per heavy atom. The molecule has 2 aliphatic heterocycles. The fraction of sp³-hybridized carbons (Fsp3) is 0.625. The molecule has 0 amide bonds. The smallest absolute Gasteiger partial charge is 0.119 e. The van der Waals surface area contributed by atoms with Gasteiger partial charge < -0.3 is 15.0 Å². The van der Waals surface area contributed by atoms with Gasteiger partial charge in [-0.2, -0.15) is 0 Å². The summed E-state index contributed by atoms with van der Waals surface area (Å²) in [6.07, 6.45) is 5.08. The van der Waals surface area contributed by atoms with E-state index in [9.17, 15) is 0 Å². The first-order valence-corrected chi connectivity index (χ1v) is 7.48. The Balaban J connectivity index is 1.60. The van der Waals surface area contributed by atoms with E-state index in [1.54, 1.807) is 0 Å². The molecule has 1 aromatic rings. The topological polar surface area (TPSA) is 24.5 Å². The van der Waals surface area contributed by atoms with Crippen LogP contribution in [0.5, 0.6) is 5.75 Å². The third-order valence-electron chi connectivity index (χ3n) is 4.43. The molecule has 0 radical (unpaired) electrons. The first-order chi connectivity index (χ1) is 9.33. The Labute approximate surface area is 115 Å². The van der Waals surface area contributed by atoms with Gasteiger partial charge in [0.2, 0.25) is 0 Å². The van der Waals surface area contributed by atoms with Crippen molar-refractivity contribution >= 4 is 0 Å². The zero-order valence-corrected chi connectivity index (χ0v) is 11.8. The zero-order valence-electron chi connectivity index (χ0n) is 11.8. The predicted molar refractivity (Wildman–Crippen MR) is 77.6 cm³/mol. The summed E-state index contributed by atoms with van der Waals surface area (Å²) in [5.74, 6) is 1.03. The maximum absolute atomic E-state index is 6.01. The molecule has 3 rings (SSSR count). The highest BCUT2D eigenvalue weighted by Gasteiger charge is 2.19. The minimum atomic E-state index is 0.586. The van der Waals surface area contributed by atoms with Gasteiger partial charge in [-0.25, -0.2) is 0 Å². The van der Waals surface area contributed by atoms with E-state index in [0.29, 0.717) is 6.04 Å². The van der Waals surface area contributed by atoms with Gasteiger partial charge in [0.1, 0.15) is 12.4 Å². The van der Waals surface area contributed by atoms with Gasteiger partial charge in [-0.1, -0.05) is 12.5 Å². The van der Waals surface area contributed by atoms with Crippen LogP contribution in [0.4, 0.5) is 0 Å². The fourth-order valence-corrected chi connectivity index (χ4v) is 3.09. The molecule has 0 aliphatic carbocycles. The van der Waals surface area contributed by atoms with Crippen LogP contribution in [0.3, 0.4) is 0 Å². The number of ether oxygens (including phenoxy) is 1. The van der Waals surface area contributed by atoms with Crippen LogP contribution in [0.25, 0.3) is 0 Å². The molecule has 1 unspecified atom stereocenters. The molecule has 19 heavy (non-hydrogen) atoms. The van der Waals surface area contributed by atoms with Crippen molar-refractivity contribution in [1.29, 1.82) is 0 Å². The highest BCUT2D eigenvalue weighted by Crippen LogP contribution is 2.22. The van der Waals surface area contributed by atoms with Gasteiger partial charge in [0.15, 0.2) is 0 Å². The van der Waals surface area contributed by atoms with E-state index in [4.69, 9.17) is 4.74 Å². The van der Waals surface area contributed by atoms with Crippen molar-refractivity contribution in [2.75, 3.05) is 26.7 Å².